The average Bonchev–Trinajstić information content (AvgIpc) is 2.92. The third-order valence-corrected chi connectivity index (χ3v) is 6.90. The van der Waals surface area contributed by atoms with E-state index in [4.69, 9.17) is 4.74 Å². The first kappa shape index (κ1) is 15.8. The summed E-state index contributed by atoms with van der Waals surface area (Å²) in [7, 11) is 3.30. The Morgan fingerprint density at radius 1 is 0.962 bits per heavy atom. The van der Waals surface area contributed by atoms with Crippen molar-refractivity contribution in [3.63, 3.8) is 0 Å². The van der Waals surface area contributed by atoms with Crippen molar-refractivity contribution in [1.29, 1.82) is 0 Å². The second kappa shape index (κ2) is 5.04. The summed E-state index contributed by atoms with van der Waals surface area (Å²) in [5, 5.41) is 0. The fourth-order valence-electron chi connectivity index (χ4n) is 5.85. The van der Waals surface area contributed by atoms with Gasteiger partial charge in [0.2, 0.25) is 11.8 Å². The minimum absolute atomic E-state index is 0.0679. The SMILES string of the molecule is CO[C@H](C)C12c3ccccc3C(c3ccccc31)[C@H]1C(=O)N(C)C(=O)[C@H]12. The van der Waals surface area contributed by atoms with Crippen molar-refractivity contribution in [2.45, 2.75) is 24.4 Å². The van der Waals surface area contributed by atoms with Gasteiger partial charge in [-0.3, -0.25) is 14.5 Å². The predicted octanol–water partition coefficient (Wildman–Crippen LogP) is 2.70. The summed E-state index contributed by atoms with van der Waals surface area (Å²) in [4.78, 5) is 27.6. The maximum atomic E-state index is 13.2. The number of imide groups is 1. The van der Waals surface area contributed by atoms with Crippen molar-refractivity contribution < 1.29 is 14.3 Å². The summed E-state index contributed by atoms with van der Waals surface area (Å²) in [6.07, 6.45) is -0.234. The van der Waals surface area contributed by atoms with Crippen LogP contribution >= 0.6 is 0 Å². The molecule has 4 heteroatoms. The molecule has 0 unspecified atom stereocenters. The van der Waals surface area contributed by atoms with Gasteiger partial charge in [-0.15, -0.1) is 0 Å². The van der Waals surface area contributed by atoms with E-state index in [1.807, 2.05) is 31.2 Å². The smallest absolute Gasteiger partial charge is 0.234 e. The Morgan fingerprint density at radius 3 is 2.04 bits per heavy atom. The van der Waals surface area contributed by atoms with Gasteiger partial charge < -0.3 is 4.74 Å². The number of ether oxygens (including phenoxy) is 1. The molecule has 3 atom stereocenters. The molecule has 0 spiro atoms. The lowest BCUT2D eigenvalue weighted by atomic mass is 9.46. The zero-order valence-corrected chi connectivity index (χ0v) is 15.1. The molecule has 1 fully saturated rings. The highest BCUT2D eigenvalue weighted by Crippen LogP contribution is 2.65. The van der Waals surface area contributed by atoms with Crippen LogP contribution in [0.1, 0.15) is 35.1 Å². The second-order valence-electron chi connectivity index (χ2n) is 7.64. The molecular weight excluding hydrogens is 326 g/mol. The van der Waals surface area contributed by atoms with Crippen LogP contribution in [0, 0.1) is 11.8 Å². The highest BCUT2D eigenvalue weighted by Gasteiger charge is 2.69. The molecule has 1 heterocycles. The van der Waals surface area contributed by atoms with Gasteiger partial charge in [0, 0.05) is 20.1 Å². The van der Waals surface area contributed by atoms with Gasteiger partial charge in [-0.25, -0.2) is 0 Å². The van der Waals surface area contributed by atoms with Gasteiger partial charge in [-0.2, -0.15) is 0 Å². The molecule has 2 aromatic carbocycles. The summed E-state index contributed by atoms with van der Waals surface area (Å²) in [6, 6.07) is 16.5. The first-order valence-electron chi connectivity index (χ1n) is 9.08. The molecule has 0 saturated carbocycles. The third kappa shape index (κ3) is 1.51. The van der Waals surface area contributed by atoms with E-state index in [2.05, 4.69) is 24.3 Å². The van der Waals surface area contributed by atoms with Crippen LogP contribution < -0.4 is 0 Å². The fraction of sp³-hybridized carbons (Fsp3) is 0.364. The zero-order valence-electron chi connectivity index (χ0n) is 15.1. The van der Waals surface area contributed by atoms with Crippen molar-refractivity contribution in [3.05, 3.63) is 70.8 Å². The maximum absolute atomic E-state index is 13.2. The lowest BCUT2D eigenvalue weighted by Gasteiger charge is -2.56. The van der Waals surface area contributed by atoms with Gasteiger partial charge in [0.05, 0.1) is 23.4 Å². The molecule has 2 bridgehead atoms. The van der Waals surface area contributed by atoms with Crippen LogP contribution in [0.4, 0.5) is 0 Å². The highest BCUT2D eigenvalue weighted by atomic mass is 16.5. The molecule has 0 radical (unpaired) electrons. The van der Waals surface area contributed by atoms with E-state index in [1.165, 1.54) is 4.90 Å². The predicted molar refractivity (Wildman–Crippen MR) is 96.7 cm³/mol. The Kier molecular flexibility index (Phi) is 3.06. The molecule has 6 rings (SSSR count). The van der Waals surface area contributed by atoms with Crippen molar-refractivity contribution in [2.75, 3.05) is 14.2 Å². The first-order chi connectivity index (χ1) is 12.5. The highest BCUT2D eigenvalue weighted by molar-refractivity contribution is 6.08. The molecule has 0 aromatic heterocycles. The van der Waals surface area contributed by atoms with E-state index in [-0.39, 0.29) is 29.8 Å². The summed E-state index contributed by atoms with van der Waals surface area (Å²) in [6.45, 7) is 2.02. The number of carbonyl (C=O) groups is 2. The minimum atomic E-state index is -0.640. The normalized spacial score (nSPS) is 32.3. The van der Waals surface area contributed by atoms with E-state index in [0.29, 0.717) is 0 Å². The van der Waals surface area contributed by atoms with Gasteiger partial charge in [0.1, 0.15) is 0 Å². The molecule has 0 N–H and O–H groups in total. The molecule has 4 nitrogen and oxygen atoms in total. The lowest BCUT2D eigenvalue weighted by molar-refractivity contribution is -0.139. The first-order valence-corrected chi connectivity index (χ1v) is 9.08. The molecule has 4 aliphatic rings. The van der Waals surface area contributed by atoms with Gasteiger partial charge >= 0.3 is 0 Å². The average molecular weight is 347 g/mol. The molecule has 2 amide bonds. The topological polar surface area (TPSA) is 46.6 Å². The number of carbonyl (C=O) groups excluding carboxylic acids is 2. The molecule has 3 aliphatic carbocycles. The molecular formula is C22H21NO3. The second-order valence-corrected chi connectivity index (χ2v) is 7.64. The number of hydrogen-bond acceptors (Lipinski definition) is 3. The standard InChI is InChI=1S/C22H21NO3/c1-12(26-3)22-15-10-6-4-8-13(15)17(14-9-5-7-11-16(14)22)18-19(22)21(25)23(2)20(18)24/h4-12,17-19H,1-3H3/t12-,17?,18-,19+,22?/m1/s1. The van der Waals surface area contributed by atoms with Crippen molar-refractivity contribution in [3.8, 4) is 0 Å². The Morgan fingerprint density at radius 2 is 1.50 bits per heavy atom. The minimum Gasteiger partial charge on any atom is -0.380 e. The molecule has 2 aromatic rings. The Balaban J connectivity index is 1.95. The summed E-state index contributed by atoms with van der Waals surface area (Å²) in [5.41, 5.74) is 3.95. The number of nitrogens with zero attached hydrogens (tertiary/aromatic N) is 1. The van der Waals surface area contributed by atoms with Crippen LogP contribution in [0.2, 0.25) is 0 Å². The quantitative estimate of drug-likeness (QED) is 0.785. The number of methoxy groups -OCH3 is 1. The van der Waals surface area contributed by atoms with Crippen molar-refractivity contribution in [1.82, 2.24) is 4.90 Å². The monoisotopic (exact) mass is 347 g/mol. The molecule has 26 heavy (non-hydrogen) atoms. The third-order valence-electron chi connectivity index (χ3n) is 6.90. The van der Waals surface area contributed by atoms with E-state index in [1.54, 1.807) is 14.2 Å². The Hall–Kier alpha value is -2.46. The molecule has 1 saturated heterocycles. The number of rotatable bonds is 2. The van der Waals surface area contributed by atoms with Crippen LogP contribution in [0.3, 0.4) is 0 Å². The summed E-state index contributed by atoms with van der Waals surface area (Å²) in [5.74, 6) is -0.987. The van der Waals surface area contributed by atoms with Crippen molar-refractivity contribution >= 4 is 11.8 Å². The number of hydrogen-bond donors (Lipinski definition) is 0. The molecule has 132 valence electrons. The Bertz CT molecular complexity index is 902. The number of benzene rings is 2. The van der Waals surface area contributed by atoms with E-state index in [0.717, 1.165) is 22.3 Å². The van der Waals surface area contributed by atoms with E-state index < -0.39 is 11.3 Å². The number of likely N-dealkylation sites (tertiary alicyclic amines) is 1. The van der Waals surface area contributed by atoms with Crippen LogP contribution in [0.25, 0.3) is 0 Å². The van der Waals surface area contributed by atoms with Gasteiger partial charge in [-0.1, -0.05) is 48.5 Å². The number of amides is 2. The van der Waals surface area contributed by atoms with E-state index >= 15 is 0 Å². The largest absolute Gasteiger partial charge is 0.380 e. The molecule has 1 aliphatic heterocycles. The summed E-state index contributed by atoms with van der Waals surface area (Å²) >= 11 is 0. The van der Waals surface area contributed by atoms with Crippen LogP contribution in [0.5, 0.6) is 0 Å². The maximum Gasteiger partial charge on any atom is 0.234 e. The van der Waals surface area contributed by atoms with Crippen LogP contribution in [0.15, 0.2) is 48.5 Å². The fourth-order valence-corrected chi connectivity index (χ4v) is 5.85. The van der Waals surface area contributed by atoms with Gasteiger partial charge in [-0.05, 0) is 29.2 Å². The van der Waals surface area contributed by atoms with Gasteiger partial charge in [0.15, 0.2) is 0 Å². The van der Waals surface area contributed by atoms with Gasteiger partial charge in [0.25, 0.3) is 0 Å². The summed E-state index contributed by atoms with van der Waals surface area (Å²) < 4.78 is 5.87. The zero-order chi connectivity index (χ0) is 18.2. The Labute approximate surface area is 152 Å². The van der Waals surface area contributed by atoms with E-state index in [9.17, 15) is 9.59 Å². The van der Waals surface area contributed by atoms with Crippen molar-refractivity contribution in [2.24, 2.45) is 11.8 Å². The van der Waals surface area contributed by atoms with Crippen LogP contribution in [-0.2, 0) is 19.7 Å². The lowest BCUT2D eigenvalue weighted by Crippen LogP contribution is -2.59. The van der Waals surface area contributed by atoms with Crippen LogP contribution in [-0.4, -0.2) is 37.0 Å².